The quantitative estimate of drug-likeness (QED) is 0.360. The molecular formula is C20H28ClO3Y-. The summed E-state index contributed by atoms with van der Waals surface area (Å²) in [5, 5.41) is 19.8. The van der Waals surface area contributed by atoms with Crippen molar-refractivity contribution >= 4 is 11.6 Å². The van der Waals surface area contributed by atoms with Crippen LogP contribution < -0.4 is 4.74 Å². The van der Waals surface area contributed by atoms with Crippen molar-refractivity contribution in [3.8, 4) is 5.75 Å². The number of alkyl halides is 1. The molecule has 0 aliphatic heterocycles. The maximum absolute atomic E-state index is 10.3. The predicted molar refractivity (Wildman–Crippen MR) is 98.2 cm³/mol. The van der Waals surface area contributed by atoms with Crippen LogP contribution >= 0.6 is 11.6 Å². The summed E-state index contributed by atoms with van der Waals surface area (Å²) < 4.78 is 5.87. The fraction of sp³-hybridized carbons (Fsp3) is 0.550. The molecular weight excluding hydrogens is 413 g/mol. The monoisotopic (exact) mass is 440 g/mol. The third-order valence-electron chi connectivity index (χ3n) is 4.73. The normalized spacial score (nSPS) is 27.2. The van der Waals surface area contributed by atoms with E-state index < -0.39 is 12.2 Å². The zero-order valence-corrected chi connectivity index (χ0v) is 18.4. The van der Waals surface area contributed by atoms with E-state index in [9.17, 15) is 10.2 Å². The standard InChI is InChI=1S/C20H28ClO3.Y/c1-3-4-5-6-7-17-18(20(23)12-19(17)21)13-24-16-10-8-15(9-11-16)14(2)22;/h5-6,8-11,14,17-20,22-23H,1,3-4,7,12-13H2,2H3;/q-1;/b6-5-;/t14?,17-,18-,19-,20-;/m1./s1. The van der Waals surface area contributed by atoms with Crippen LogP contribution in [0.4, 0.5) is 0 Å². The summed E-state index contributed by atoms with van der Waals surface area (Å²) in [6.07, 6.45) is 6.71. The molecule has 1 aromatic rings. The largest absolute Gasteiger partial charge is 0.493 e. The Bertz CT molecular complexity index is 518. The van der Waals surface area contributed by atoms with Crippen LogP contribution in [0, 0.1) is 18.8 Å². The van der Waals surface area contributed by atoms with Gasteiger partial charge in [-0.3, -0.25) is 0 Å². The smallest absolute Gasteiger partial charge is 0.119 e. The molecule has 0 spiro atoms. The van der Waals surface area contributed by atoms with E-state index in [2.05, 4.69) is 19.1 Å². The van der Waals surface area contributed by atoms with Crippen molar-refractivity contribution in [1.82, 2.24) is 0 Å². The van der Waals surface area contributed by atoms with Gasteiger partial charge in [-0.1, -0.05) is 30.7 Å². The molecule has 0 aromatic heterocycles. The molecule has 0 amide bonds. The van der Waals surface area contributed by atoms with Gasteiger partial charge in [-0.2, -0.15) is 6.42 Å². The minimum atomic E-state index is -0.484. The molecule has 1 aliphatic carbocycles. The Labute approximate surface area is 181 Å². The molecule has 0 heterocycles. The summed E-state index contributed by atoms with van der Waals surface area (Å²) >= 11 is 6.43. The van der Waals surface area contributed by atoms with Gasteiger partial charge in [0, 0.05) is 44.0 Å². The molecule has 5 atom stereocenters. The molecule has 1 radical (unpaired) electrons. The first kappa shape index (κ1) is 23.1. The average molecular weight is 441 g/mol. The molecule has 5 heteroatoms. The molecule has 3 nitrogen and oxygen atoms in total. The van der Waals surface area contributed by atoms with Gasteiger partial charge in [-0.15, -0.1) is 11.6 Å². The van der Waals surface area contributed by atoms with Crippen LogP contribution in [-0.2, 0) is 32.7 Å². The van der Waals surface area contributed by atoms with Crippen molar-refractivity contribution in [2.24, 2.45) is 11.8 Å². The Balaban J connectivity index is 0.00000312. The Hall–Kier alpha value is 0.0739. The van der Waals surface area contributed by atoms with E-state index in [0.717, 1.165) is 30.6 Å². The average Bonchev–Trinajstić information content (AvgIpc) is 2.83. The van der Waals surface area contributed by atoms with Crippen molar-refractivity contribution < 1.29 is 47.7 Å². The van der Waals surface area contributed by atoms with Gasteiger partial charge < -0.3 is 21.9 Å². The Morgan fingerprint density at radius 3 is 2.56 bits per heavy atom. The molecule has 2 N–H and O–H groups in total. The fourth-order valence-corrected chi connectivity index (χ4v) is 3.69. The van der Waals surface area contributed by atoms with Gasteiger partial charge in [-0.25, -0.2) is 0 Å². The van der Waals surface area contributed by atoms with E-state index in [0.29, 0.717) is 13.0 Å². The van der Waals surface area contributed by atoms with Crippen LogP contribution in [0.15, 0.2) is 36.4 Å². The van der Waals surface area contributed by atoms with E-state index in [4.69, 9.17) is 16.3 Å². The summed E-state index contributed by atoms with van der Waals surface area (Å²) in [7, 11) is 0. The van der Waals surface area contributed by atoms with Gasteiger partial charge in [0.2, 0.25) is 0 Å². The van der Waals surface area contributed by atoms with Gasteiger partial charge in [0.15, 0.2) is 0 Å². The van der Waals surface area contributed by atoms with Gasteiger partial charge in [-0.05, 0) is 43.4 Å². The molecule has 0 saturated heterocycles. The molecule has 1 aromatic carbocycles. The number of allylic oxidation sites excluding steroid dienone is 2. The summed E-state index contributed by atoms with van der Waals surface area (Å²) in [5.74, 6) is 1.00. The number of hydrogen-bond acceptors (Lipinski definition) is 3. The Morgan fingerprint density at radius 2 is 1.96 bits per heavy atom. The molecule has 1 aliphatic rings. The van der Waals surface area contributed by atoms with Crippen LogP contribution in [-0.4, -0.2) is 28.3 Å². The Kier molecular flexibility index (Phi) is 10.8. The van der Waals surface area contributed by atoms with Gasteiger partial charge in [0.1, 0.15) is 5.75 Å². The van der Waals surface area contributed by atoms with Crippen LogP contribution in [0.5, 0.6) is 5.75 Å². The number of unbranched alkanes of at least 4 members (excludes halogenated alkanes) is 1. The molecule has 2 rings (SSSR count). The topological polar surface area (TPSA) is 49.7 Å². The van der Waals surface area contributed by atoms with Crippen LogP contribution in [0.25, 0.3) is 0 Å². The maximum Gasteiger partial charge on any atom is 0.119 e. The Morgan fingerprint density at radius 1 is 1.28 bits per heavy atom. The minimum Gasteiger partial charge on any atom is -0.493 e. The molecule has 1 unspecified atom stereocenters. The number of hydrogen-bond donors (Lipinski definition) is 2. The van der Waals surface area contributed by atoms with E-state index in [1.165, 1.54) is 0 Å². The van der Waals surface area contributed by atoms with E-state index >= 15 is 0 Å². The molecule has 137 valence electrons. The number of ether oxygens (including phenoxy) is 1. The zero-order chi connectivity index (χ0) is 17.5. The number of rotatable bonds is 8. The number of halogens is 1. The number of aliphatic hydroxyl groups excluding tert-OH is 2. The third kappa shape index (κ3) is 6.95. The van der Waals surface area contributed by atoms with Crippen LogP contribution in [0.3, 0.4) is 0 Å². The van der Waals surface area contributed by atoms with E-state index in [-0.39, 0.29) is 49.9 Å². The van der Waals surface area contributed by atoms with E-state index in [1.807, 2.05) is 24.3 Å². The van der Waals surface area contributed by atoms with Crippen LogP contribution in [0.2, 0.25) is 0 Å². The molecule has 25 heavy (non-hydrogen) atoms. The maximum atomic E-state index is 10.3. The second kappa shape index (κ2) is 11.7. The van der Waals surface area contributed by atoms with Crippen molar-refractivity contribution in [3.05, 3.63) is 48.9 Å². The summed E-state index contributed by atoms with van der Waals surface area (Å²) in [4.78, 5) is 0. The second-order valence-corrected chi connectivity index (χ2v) is 7.11. The van der Waals surface area contributed by atoms with E-state index in [1.54, 1.807) is 6.92 Å². The molecule has 1 fully saturated rings. The second-order valence-electron chi connectivity index (χ2n) is 6.55. The summed E-state index contributed by atoms with van der Waals surface area (Å²) in [6.45, 7) is 6.01. The van der Waals surface area contributed by atoms with Crippen LogP contribution in [0.1, 0.15) is 44.3 Å². The van der Waals surface area contributed by atoms with Gasteiger partial charge >= 0.3 is 0 Å². The number of aliphatic hydroxyl groups is 2. The fourth-order valence-electron chi connectivity index (χ4n) is 3.22. The zero-order valence-electron chi connectivity index (χ0n) is 14.9. The first-order valence-electron chi connectivity index (χ1n) is 8.70. The number of benzene rings is 1. The SMILES string of the molecule is [CH2-]CC/C=C\C[C@@H]1[C@@H](COc2ccc(C(C)O)cc2)[C@H](O)C[C@H]1Cl.[Y]. The van der Waals surface area contributed by atoms with Gasteiger partial charge in [0.25, 0.3) is 0 Å². The molecule has 1 saturated carbocycles. The van der Waals surface area contributed by atoms with Crippen molar-refractivity contribution in [2.45, 2.75) is 50.2 Å². The third-order valence-corrected chi connectivity index (χ3v) is 5.23. The first-order chi connectivity index (χ1) is 11.5. The summed E-state index contributed by atoms with van der Waals surface area (Å²) in [6, 6.07) is 7.41. The molecule has 0 bridgehead atoms. The summed E-state index contributed by atoms with van der Waals surface area (Å²) in [5.41, 5.74) is 0.859. The first-order valence-corrected chi connectivity index (χ1v) is 9.13. The predicted octanol–water partition coefficient (Wildman–Crippen LogP) is 4.28. The van der Waals surface area contributed by atoms with Crippen molar-refractivity contribution in [2.75, 3.05) is 6.61 Å². The van der Waals surface area contributed by atoms with Crippen molar-refractivity contribution in [3.63, 3.8) is 0 Å². The van der Waals surface area contributed by atoms with Crippen molar-refractivity contribution in [1.29, 1.82) is 0 Å². The minimum absolute atomic E-state index is 0. The van der Waals surface area contributed by atoms with Gasteiger partial charge in [0.05, 0.1) is 18.8 Å².